The zero-order valence-electron chi connectivity index (χ0n) is 18.0. The quantitative estimate of drug-likeness (QED) is 0.384. The first-order chi connectivity index (χ1) is 14.2. The summed E-state index contributed by atoms with van der Waals surface area (Å²) in [5, 5.41) is 7.86. The molecular weight excluding hydrogens is 384 g/mol. The Morgan fingerprint density at radius 3 is 2.66 bits per heavy atom. The zero-order valence-corrected chi connectivity index (χ0v) is 18.8. The van der Waals surface area contributed by atoms with E-state index in [1.165, 1.54) is 57.8 Å². The Kier molecular flexibility index (Phi) is 8.90. The molecule has 6 nitrogen and oxygen atoms in total. The molecule has 162 valence electrons. The largest absolute Gasteiger partial charge is 0.369 e. The molecule has 0 amide bonds. The highest BCUT2D eigenvalue weighted by Gasteiger charge is 2.23. The number of rotatable bonds is 8. The van der Waals surface area contributed by atoms with E-state index in [4.69, 9.17) is 11.6 Å². The number of likely N-dealkylation sites (N-methyl/N-ethyl adjacent to an activating group) is 1. The van der Waals surface area contributed by atoms with Crippen molar-refractivity contribution < 1.29 is 0 Å². The third-order valence-corrected chi connectivity index (χ3v) is 6.27. The molecular formula is C22H37ClN6. The van der Waals surface area contributed by atoms with Crippen LogP contribution in [0.25, 0.3) is 0 Å². The fourth-order valence-electron chi connectivity index (χ4n) is 4.17. The molecule has 2 aliphatic heterocycles. The number of anilines is 1. The lowest BCUT2D eigenvalue weighted by Gasteiger charge is -2.34. The first kappa shape index (κ1) is 22.2. The summed E-state index contributed by atoms with van der Waals surface area (Å²) in [6.07, 6.45) is 3.52. The number of hydrogen-bond acceptors (Lipinski definition) is 4. The summed E-state index contributed by atoms with van der Waals surface area (Å²) in [6, 6.07) is 8.52. The Morgan fingerprint density at radius 2 is 1.93 bits per heavy atom. The van der Waals surface area contributed by atoms with Crippen LogP contribution in [0, 0.1) is 0 Å². The number of halogens is 1. The van der Waals surface area contributed by atoms with E-state index in [0.29, 0.717) is 6.04 Å². The second-order valence-electron chi connectivity index (χ2n) is 8.04. The molecule has 1 atom stereocenters. The van der Waals surface area contributed by atoms with Gasteiger partial charge in [0.25, 0.3) is 0 Å². The molecule has 0 bridgehead atoms. The molecule has 7 heteroatoms. The van der Waals surface area contributed by atoms with E-state index in [1.54, 1.807) is 0 Å². The molecule has 2 saturated heterocycles. The van der Waals surface area contributed by atoms with Gasteiger partial charge in [-0.3, -0.25) is 4.99 Å². The third-order valence-electron chi connectivity index (χ3n) is 6.03. The Balaban J connectivity index is 1.30. The molecule has 0 aromatic heterocycles. The molecule has 0 saturated carbocycles. The van der Waals surface area contributed by atoms with Crippen LogP contribution in [0.3, 0.4) is 0 Å². The van der Waals surface area contributed by atoms with Gasteiger partial charge < -0.3 is 25.3 Å². The van der Waals surface area contributed by atoms with Crippen LogP contribution in [0.5, 0.6) is 0 Å². The van der Waals surface area contributed by atoms with Crippen molar-refractivity contribution in [1.82, 2.24) is 20.4 Å². The van der Waals surface area contributed by atoms with Crippen LogP contribution in [0.1, 0.15) is 26.2 Å². The molecule has 1 aromatic rings. The maximum absolute atomic E-state index is 6.14. The lowest BCUT2D eigenvalue weighted by molar-refractivity contribution is 0.136. The average molecular weight is 421 g/mol. The summed E-state index contributed by atoms with van der Waals surface area (Å²) in [6.45, 7) is 12.5. The molecule has 2 N–H and O–H groups in total. The van der Waals surface area contributed by atoms with E-state index in [1.807, 2.05) is 25.2 Å². The van der Waals surface area contributed by atoms with E-state index in [9.17, 15) is 0 Å². The minimum Gasteiger partial charge on any atom is -0.369 e. The van der Waals surface area contributed by atoms with Crippen molar-refractivity contribution in [3.63, 3.8) is 0 Å². The molecule has 3 rings (SSSR count). The van der Waals surface area contributed by atoms with Crippen molar-refractivity contribution in [1.29, 1.82) is 0 Å². The van der Waals surface area contributed by atoms with Gasteiger partial charge in [0.05, 0.1) is 0 Å². The van der Waals surface area contributed by atoms with Gasteiger partial charge in [0, 0.05) is 69.6 Å². The molecule has 29 heavy (non-hydrogen) atoms. The maximum atomic E-state index is 6.14. The fraction of sp³-hybridized carbons (Fsp3) is 0.682. The van der Waals surface area contributed by atoms with Crippen LogP contribution >= 0.6 is 11.6 Å². The van der Waals surface area contributed by atoms with Crippen molar-refractivity contribution in [3.8, 4) is 0 Å². The molecule has 1 unspecified atom stereocenters. The van der Waals surface area contributed by atoms with Gasteiger partial charge in [-0.2, -0.15) is 0 Å². The molecule has 0 radical (unpaired) electrons. The van der Waals surface area contributed by atoms with Gasteiger partial charge in [0.1, 0.15) is 0 Å². The number of hydrogen-bond donors (Lipinski definition) is 2. The average Bonchev–Trinajstić information content (AvgIpc) is 3.21. The second kappa shape index (κ2) is 11.6. The zero-order chi connectivity index (χ0) is 20.5. The Morgan fingerprint density at radius 1 is 1.14 bits per heavy atom. The van der Waals surface area contributed by atoms with Gasteiger partial charge in [-0.05, 0) is 50.6 Å². The summed E-state index contributed by atoms with van der Waals surface area (Å²) in [7, 11) is 1.85. The predicted octanol–water partition coefficient (Wildman–Crippen LogP) is 2.50. The summed E-state index contributed by atoms with van der Waals surface area (Å²) in [4.78, 5) is 11.9. The van der Waals surface area contributed by atoms with Crippen molar-refractivity contribution in [2.45, 2.75) is 32.2 Å². The Bertz CT molecular complexity index is 644. The molecule has 2 aliphatic rings. The van der Waals surface area contributed by atoms with E-state index in [-0.39, 0.29) is 0 Å². The number of piperazine rings is 1. The van der Waals surface area contributed by atoms with Crippen molar-refractivity contribution in [2.24, 2.45) is 4.99 Å². The smallest absolute Gasteiger partial charge is 0.191 e. The first-order valence-corrected chi connectivity index (χ1v) is 11.5. The van der Waals surface area contributed by atoms with E-state index in [2.05, 4.69) is 43.3 Å². The molecule has 0 aliphatic carbocycles. The lowest BCUT2D eigenvalue weighted by atomic mass is 10.2. The highest BCUT2D eigenvalue weighted by molar-refractivity contribution is 6.30. The molecule has 0 spiro atoms. The Labute approximate surface area is 181 Å². The van der Waals surface area contributed by atoms with Crippen molar-refractivity contribution >= 4 is 23.2 Å². The Hall–Kier alpha value is -1.50. The monoisotopic (exact) mass is 420 g/mol. The van der Waals surface area contributed by atoms with E-state index in [0.717, 1.165) is 37.0 Å². The van der Waals surface area contributed by atoms with Crippen LogP contribution in [0.15, 0.2) is 29.3 Å². The first-order valence-electron chi connectivity index (χ1n) is 11.1. The number of nitrogens with one attached hydrogen (secondary N) is 2. The minimum absolute atomic E-state index is 0.412. The number of nitrogens with zero attached hydrogens (tertiary/aromatic N) is 4. The van der Waals surface area contributed by atoms with Gasteiger partial charge in [0.15, 0.2) is 5.96 Å². The highest BCUT2D eigenvalue weighted by Crippen LogP contribution is 2.23. The van der Waals surface area contributed by atoms with Crippen LogP contribution < -0.4 is 15.5 Å². The molecule has 2 heterocycles. The third kappa shape index (κ3) is 7.05. The van der Waals surface area contributed by atoms with Gasteiger partial charge in [-0.25, -0.2) is 0 Å². The summed E-state index contributed by atoms with van der Waals surface area (Å²) < 4.78 is 0. The number of guanidine groups is 1. The maximum Gasteiger partial charge on any atom is 0.191 e. The van der Waals surface area contributed by atoms with Gasteiger partial charge in [-0.15, -0.1) is 0 Å². The lowest BCUT2D eigenvalue weighted by Crippen LogP contribution is -2.46. The van der Waals surface area contributed by atoms with Gasteiger partial charge in [-0.1, -0.05) is 24.6 Å². The second-order valence-corrected chi connectivity index (χ2v) is 8.47. The topological polar surface area (TPSA) is 46.1 Å². The fourth-order valence-corrected chi connectivity index (χ4v) is 4.35. The van der Waals surface area contributed by atoms with Crippen LogP contribution in [-0.4, -0.2) is 87.8 Å². The summed E-state index contributed by atoms with van der Waals surface area (Å²) >= 11 is 6.14. The van der Waals surface area contributed by atoms with Gasteiger partial charge in [0.2, 0.25) is 0 Å². The van der Waals surface area contributed by atoms with Crippen molar-refractivity contribution in [2.75, 3.05) is 70.9 Å². The van der Waals surface area contributed by atoms with Crippen molar-refractivity contribution in [3.05, 3.63) is 29.3 Å². The van der Waals surface area contributed by atoms with Crippen LogP contribution in [0.2, 0.25) is 5.02 Å². The summed E-state index contributed by atoms with van der Waals surface area (Å²) in [5.41, 5.74) is 1.20. The number of unbranched alkanes of at least 4 members (excludes halogenated alkanes) is 1. The van der Waals surface area contributed by atoms with Gasteiger partial charge >= 0.3 is 0 Å². The minimum atomic E-state index is 0.412. The SMILES string of the molecule is CCN1CCN(CCCCNC(=NC)NC2CCN(c3cccc(Cl)c3)C2)CC1. The normalized spacial score (nSPS) is 21.6. The highest BCUT2D eigenvalue weighted by atomic mass is 35.5. The van der Waals surface area contributed by atoms with E-state index < -0.39 is 0 Å². The standard InChI is InChI=1S/C22H37ClN6/c1-3-27-13-15-28(16-14-27)11-5-4-10-25-22(24-2)26-20-9-12-29(18-20)21-8-6-7-19(23)17-21/h6-8,17,20H,3-5,9-16,18H2,1-2H3,(H2,24,25,26). The predicted molar refractivity (Wildman–Crippen MR) is 124 cm³/mol. The molecule has 1 aromatic carbocycles. The van der Waals surface area contributed by atoms with Crippen LogP contribution in [0.4, 0.5) is 5.69 Å². The number of benzene rings is 1. The number of aliphatic imine (C=N–C) groups is 1. The van der Waals surface area contributed by atoms with Crippen LogP contribution in [-0.2, 0) is 0 Å². The molecule has 2 fully saturated rings. The van der Waals surface area contributed by atoms with E-state index >= 15 is 0 Å². The summed E-state index contributed by atoms with van der Waals surface area (Å²) in [5.74, 6) is 0.916.